The zero-order chi connectivity index (χ0) is 8.44. The fraction of sp³-hybridized carbons (Fsp3) is 0.667. The van der Waals surface area contributed by atoms with Crippen LogP contribution >= 0.6 is 0 Å². The highest BCUT2D eigenvalue weighted by atomic mass is 14.9. The maximum atomic E-state index is 5.80. The summed E-state index contributed by atoms with van der Waals surface area (Å²) in [5, 5.41) is 0. The molecule has 1 fully saturated rings. The minimum absolute atomic E-state index is 0.170. The van der Waals surface area contributed by atoms with Crippen molar-refractivity contribution >= 4 is 0 Å². The summed E-state index contributed by atoms with van der Waals surface area (Å²) in [6, 6.07) is 0. The lowest BCUT2D eigenvalue weighted by Gasteiger charge is -2.24. The van der Waals surface area contributed by atoms with Crippen LogP contribution in [0.25, 0.3) is 0 Å². The molecule has 1 aromatic heterocycles. The Balaban J connectivity index is 2.28. The summed E-state index contributed by atoms with van der Waals surface area (Å²) in [6.45, 7) is 0.723. The van der Waals surface area contributed by atoms with Crippen LogP contribution in [0.1, 0.15) is 31.5 Å². The Kier molecular flexibility index (Phi) is 1.89. The molecule has 0 aliphatic heterocycles. The maximum Gasteiger partial charge on any atom is 0.113 e. The number of aromatic amines is 1. The van der Waals surface area contributed by atoms with Gasteiger partial charge in [-0.1, -0.05) is 12.8 Å². The van der Waals surface area contributed by atoms with Crippen molar-refractivity contribution < 1.29 is 0 Å². The molecular weight excluding hydrogens is 150 g/mol. The van der Waals surface area contributed by atoms with Crippen LogP contribution in [0, 0.1) is 0 Å². The van der Waals surface area contributed by atoms with Gasteiger partial charge in [-0.2, -0.15) is 0 Å². The van der Waals surface area contributed by atoms with Crippen LogP contribution in [0.2, 0.25) is 0 Å². The molecular formula is C9H15N3. The average molecular weight is 165 g/mol. The van der Waals surface area contributed by atoms with Crippen molar-refractivity contribution in [1.29, 1.82) is 0 Å². The number of rotatable bonds is 2. The number of hydrogen-bond acceptors (Lipinski definition) is 2. The molecule has 0 spiro atoms. The summed E-state index contributed by atoms with van der Waals surface area (Å²) in [5.74, 6) is 1.09. The first kappa shape index (κ1) is 7.80. The Labute approximate surface area is 72.4 Å². The molecule has 3 heteroatoms. The van der Waals surface area contributed by atoms with Gasteiger partial charge < -0.3 is 10.7 Å². The summed E-state index contributed by atoms with van der Waals surface area (Å²) in [4.78, 5) is 7.49. The van der Waals surface area contributed by atoms with E-state index >= 15 is 0 Å². The maximum absolute atomic E-state index is 5.80. The van der Waals surface area contributed by atoms with Crippen LogP contribution in [0.4, 0.5) is 0 Å². The fourth-order valence-corrected chi connectivity index (χ4v) is 2.14. The van der Waals surface area contributed by atoms with Gasteiger partial charge in [-0.15, -0.1) is 0 Å². The number of nitrogens with zero attached hydrogens (tertiary/aromatic N) is 1. The van der Waals surface area contributed by atoms with E-state index in [2.05, 4.69) is 9.97 Å². The van der Waals surface area contributed by atoms with Crippen LogP contribution < -0.4 is 5.73 Å². The molecule has 1 aliphatic carbocycles. The summed E-state index contributed by atoms with van der Waals surface area (Å²) in [7, 11) is 0. The molecule has 0 saturated heterocycles. The second-order valence-electron chi connectivity index (χ2n) is 3.63. The monoisotopic (exact) mass is 165 g/mol. The molecule has 2 rings (SSSR count). The van der Waals surface area contributed by atoms with Crippen molar-refractivity contribution in [3.05, 3.63) is 18.2 Å². The molecule has 3 nitrogen and oxygen atoms in total. The third-order valence-corrected chi connectivity index (χ3v) is 2.95. The fourth-order valence-electron chi connectivity index (χ4n) is 2.14. The van der Waals surface area contributed by atoms with Gasteiger partial charge in [-0.3, -0.25) is 0 Å². The Bertz CT molecular complexity index is 234. The lowest BCUT2D eigenvalue weighted by molar-refractivity contribution is 0.428. The van der Waals surface area contributed by atoms with Gasteiger partial charge in [0.25, 0.3) is 0 Å². The Hall–Kier alpha value is -0.830. The number of nitrogens with one attached hydrogen (secondary N) is 1. The zero-order valence-corrected chi connectivity index (χ0v) is 7.21. The molecule has 66 valence electrons. The number of nitrogens with two attached hydrogens (primary N) is 1. The second kappa shape index (κ2) is 2.90. The highest BCUT2D eigenvalue weighted by Crippen LogP contribution is 2.38. The third kappa shape index (κ3) is 1.05. The lowest BCUT2D eigenvalue weighted by atomic mass is 9.85. The molecule has 0 amide bonds. The first-order chi connectivity index (χ1) is 5.87. The predicted octanol–water partition coefficient (Wildman–Crippen LogP) is 1.18. The second-order valence-corrected chi connectivity index (χ2v) is 3.63. The topological polar surface area (TPSA) is 54.7 Å². The van der Waals surface area contributed by atoms with E-state index in [1.54, 1.807) is 0 Å². The number of imidazole rings is 1. The van der Waals surface area contributed by atoms with Gasteiger partial charge in [0.2, 0.25) is 0 Å². The Morgan fingerprint density at radius 2 is 2.25 bits per heavy atom. The number of H-pyrrole nitrogens is 1. The van der Waals surface area contributed by atoms with Crippen molar-refractivity contribution in [2.45, 2.75) is 31.1 Å². The summed E-state index contributed by atoms with van der Waals surface area (Å²) in [6.07, 6.45) is 8.65. The van der Waals surface area contributed by atoms with Crippen molar-refractivity contribution in [2.24, 2.45) is 5.73 Å². The largest absolute Gasteiger partial charge is 0.348 e. The average Bonchev–Trinajstić information content (AvgIpc) is 2.76. The molecule has 0 radical (unpaired) electrons. The molecule has 1 aromatic rings. The first-order valence-electron chi connectivity index (χ1n) is 4.57. The molecule has 0 atom stereocenters. The normalized spacial score (nSPS) is 21.4. The highest BCUT2D eigenvalue weighted by molar-refractivity contribution is 5.11. The van der Waals surface area contributed by atoms with E-state index in [0.717, 1.165) is 12.4 Å². The summed E-state index contributed by atoms with van der Waals surface area (Å²) < 4.78 is 0. The molecule has 1 heterocycles. The van der Waals surface area contributed by atoms with Gasteiger partial charge in [0.1, 0.15) is 5.82 Å². The minimum atomic E-state index is 0.170. The van der Waals surface area contributed by atoms with Crippen LogP contribution in [0.3, 0.4) is 0 Å². The predicted molar refractivity (Wildman–Crippen MR) is 47.8 cm³/mol. The minimum Gasteiger partial charge on any atom is -0.348 e. The van der Waals surface area contributed by atoms with Crippen molar-refractivity contribution in [3.63, 3.8) is 0 Å². The SMILES string of the molecule is NCC1(c2ncc[nH]2)CCCC1. The summed E-state index contributed by atoms with van der Waals surface area (Å²) in [5.41, 5.74) is 5.97. The van der Waals surface area contributed by atoms with Crippen molar-refractivity contribution in [3.8, 4) is 0 Å². The van der Waals surface area contributed by atoms with Crippen molar-refractivity contribution in [2.75, 3.05) is 6.54 Å². The smallest absolute Gasteiger partial charge is 0.113 e. The van der Waals surface area contributed by atoms with Crippen LogP contribution in [-0.2, 0) is 5.41 Å². The molecule has 3 N–H and O–H groups in total. The standard InChI is InChI=1S/C9H15N3/c10-7-9(3-1-2-4-9)8-11-5-6-12-8/h5-6H,1-4,7,10H2,(H,11,12). The van der Waals surface area contributed by atoms with Crippen molar-refractivity contribution in [1.82, 2.24) is 9.97 Å². The van der Waals surface area contributed by atoms with Crippen LogP contribution in [0.5, 0.6) is 0 Å². The van der Waals surface area contributed by atoms with Gasteiger partial charge in [0.05, 0.1) is 0 Å². The molecule has 1 aliphatic rings. The molecule has 0 bridgehead atoms. The van der Waals surface area contributed by atoms with E-state index in [4.69, 9.17) is 5.73 Å². The van der Waals surface area contributed by atoms with E-state index in [-0.39, 0.29) is 5.41 Å². The van der Waals surface area contributed by atoms with Gasteiger partial charge >= 0.3 is 0 Å². The molecule has 12 heavy (non-hydrogen) atoms. The van der Waals surface area contributed by atoms with E-state index in [1.165, 1.54) is 25.7 Å². The quantitative estimate of drug-likeness (QED) is 0.691. The van der Waals surface area contributed by atoms with E-state index in [1.807, 2.05) is 12.4 Å². The van der Waals surface area contributed by atoms with E-state index in [9.17, 15) is 0 Å². The van der Waals surface area contributed by atoms with E-state index in [0.29, 0.717) is 0 Å². The summed E-state index contributed by atoms with van der Waals surface area (Å²) >= 11 is 0. The molecule has 0 unspecified atom stereocenters. The van der Waals surface area contributed by atoms with Crippen LogP contribution in [-0.4, -0.2) is 16.5 Å². The van der Waals surface area contributed by atoms with Gasteiger partial charge in [0, 0.05) is 24.4 Å². The Morgan fingerprint density at radius 3 is 2.75 bits per heavy atom. The van der Waals surface area contributed by atoms with E-state index < -0.39 is 0 Å². The van der Waals surface area contributed by atoms with Gasteiger partial charge in [0.15, 0.2) is 0 Å². The van der Waals surface area contributed by atoms with Crippen LogP contribution in [0.15, 0.2) is 12.4 Å². The Morgan fingerprint density at radius 1 is 1.50 bits per heavy atom. The number of aromatic nitrogens is 2. The first-order valence-corrected chi connectivity index (χ1v) is 4.57. The van der Waals surface area contributed by atoms with Gasteiger partial charge in [-0.05, 0) is 12.8 Å². The molecule has 0 aromatic carbocycles. The third-order valence-electron chi connectivity index (χ3n) is 2.95. The highest BCUT2D eigenvalue weighted by Gasteiger charge is 2.36. The zero-order valence-electron chi connectivity index (χ0n) is 7.21. The molecule has 1 saturated carbocycles. The lowest BCUT2D eigenvalue weighted by Crippen LogP contribution is -2.33. The number of hydrogen-bond donors (Lipinski definition) is 2. The van der Waals surface area contributed by atoms with Gasteiger partial charge in [-0.25, -0.2) is 4.98 Å².